The van der Waals surface area contributed by atoms with Crippen molar-refractivity contribution in [3.63, 3.8) is 0 Å². The lowest BCUT2D eigenvalue weighted by Gasteiger charge is -2.08. The molecule has 0 aliphatic carbocycles. The highest BCUT2D eigenvalue weighted by molar-refractivity contribution is 5.11. The lowest BCUT2D eigenvalue weighted by Crippen LogP contribution is -2.32. The molecule has 1 unspecified atom stereocenters. The molecule has 1 aromatic rings. The van der Waals surface area contributed by atoms with Gasteiger partial charge in [0.05, 0.1) is 6.26 Å². The smallest absolute Gasteiger partial charge is 0.101 e. The van der Waals surface area contributed by atoms with Crippen molar-refractivity contribution in [2.24, 2.45) is 5.73 Å². The molecular formula is C9H16N2O. The molecule has 0 saturated heterocycles. The molecule has 0 saturated carbocycles. The van der Waals surface area contributed by atoms with Crippen molar-refractivity contribution in [2.75, 3.05) is 6.54 Å². The van der Waals surface area contributed by atoms with Crippen LogP contribution >= 0.6 is 0 Å². The van der Waals surface area contributed by atoms with E-state index in [1.165, 1.54) is 5.56 Å². The molecule has 68 valence electrons. The fourth-order valence-electron chi connectivity index (χ4n) is 0.966. The average molecular weight is 168 g/mol. The largest absolute Gasteiger partial charge is 0.469 e. The van der Waals surface area contributed by atoms with Crippen molar-refractivity contribution < 1.29 is 4.42 Å². The number of furan rings is 1. The van der Waals surface area contributed by atoms with Crippen LogP contribution < -0.4 is 11.1 Å². The van der Waals surface area contributed by atoms with Crippen LogP contribution in [-0.4, -0.2) is 12.6 Å². The molecule has 1 heterocycles. The van der Waals surface area contributed by atoms with Crippen LogP contribution in [0.5, 0.6) is 0 Å². The van der Waals surface area contributed by atoms with Crippen LogP contribution in [0.15, 0.2) is 16.7 Å². The van der Waals surface area contributed by atoms with Gasteiger partial charge in [-0.2, -0.15) is 0 Å². The van der Waals surface area contributed by atoms with Gasteiger partial charge >= 0.3 is 0 Å². The first-order chi connectivity index (χ1) is 5.72. The van der Waals surface area contributed by atoms with Crippen molar-refractivity contribution >= 4 is 0 Å². The van der Waals surface area contributed by atoms with Crippen molar-refractivity contribution in [3.8, 4) is 0 Å². The fourth-order valence-corrected chi connectivity index (χ4v) is 0.966. The first-order valence-electron chi connectivity index (χ1n) is 4.20. The third kappa shape index (κ3) is 2.68. The standard InChI is InChI=1S/C9H16N2O/c1-7(4-10)11-5-9-3-8(2)12-6-9/h3,6-7,11H,4-5,10H2,1-2H3. The van der Waals surface area contributed by atoms with E-state index in [0.717, 1.165) is 12.3 Å². The average Bonchev–Trinajstić information content (AvgIpc) is 2.47. The molecule has 0 aromatic carbocycles. The summed E-state index contributed by atoms with van der Waals surface area (Å²) in [6, 6.07) is 2.39. The van der Waals surface area contributed by atoms with E-state index in [4.69, 9.17) is 10.2 Å². The highest BCUT2D eigenvalue weighted by Gasteiger charge is 2.00. The topological polar surface area (TPSA) is 51.2 Å². The van der Waals surface area contributed by atoms with Gasteiger partial charge in [0.15, 0.2) is 0 Å². The summed E-state index contributed by atoms with van der Waals surface area (Å²) < 4.78 is 5.16. The Kier molecular flexibility index (Phi) is 3.31. The maximum Gasteiger partial charge on any atom is 0.101 e. The molecule has 0 fully saturated rings. The molecule has 0 bridgehead atoms. The number of hydrogen-bond donors (Lipinski definition) is 2. The minimum Gasteiger partial charge on any atom is -0.469 e. The Bertz CT molecular complexity index is 232. The van der Waals surface area contributed by atoms with E-state index in [1.807, 2.05) is 13.0 Å². The predicted octanol–water partition coefficient (Wildman–Crippen LogP) is 1.02. The Labute approximate surface area is 72.9 Å². The Hall–Kier alpha value is -0.800. The summed E-state index contributed by atoms with van der Waals surface area (Å²) >= 11 is 0. The molecule has 3 nitrogen and oxygen atoms in total. The molecular weight excluding hydrogens is 152 g/mol. The van der Waals surface area contributed by atoms with Crippen LogP contribution in [0.4, 0.5) is 0 Å². The second kappa shape index (κ2) is 4.28. The van der Waals surface area contributed by atoms with Gasteiger partial charge in [-0.25, -0.2) is 0 Å². The van der Waals surface area contributed by atoms with Gasteiger partial charge in [0.25, 0.3) is 0 Å². The van der Waals surface area contributed by atoms with Gasteiger partial charge in [-0.15, -0.1) is 0 Å². The zero-order valence-corrected chi connectivity index (χ0v) is 7.63. The third-order valence-corrected chi connectivity index (χ3v) is 1.79. The summed E-state index contributed by atoms with van der Waals surface area (Å²) in [4.78, 5) is 0. The van der Waals surface area contributed by atoms with E-state index in [9.17, 15) is 0 Å². The zero-order chi connectivity index (χ0) is 8.97. The monoisotopic (exact) mass is 168 g/mol. The van der Waals surface area contributed by atoms with Crippen LogP contribution in [0.25, 0.3) is 0 Å². The Morgan fingerprint density at radius 2 is 2.42 bits per heavy atom. The number of hydrogen-bond acceptors (Lipinski definition) is 3. The maximum absolute atomic E-state index is 5.46. The van der Waals surface area contributed by atoms with Gasteiger partial charge in [0.2, 0.25) is 0 Å². The van der Waals surface area contributed by atoms with E-state index in [-0.39, 0.29) is 0 Å². The predicted molar refractivity (Wildman–Crippen MR) is 48.8 cm³/mol. The van der Waals surface area contributed by atoms with Crippen molar-refractivity contribution in [2.45, 2.75) is 26.4 Å². The minimum absolute atomic E-state index is 0.361. The molecule has 12 heavy (non-hydrogen) atoms. The molecule has 3 heteroatoms. The Balaban J connectivity index is 2.33. The molecule has 0 spiro atoms. The lowest BCUT2D eigenvalue weighted by atomic mass is 10.3. The van der Waals surface area contributed by atoms with Crippen molar-refractivity contribution in [3.05, 3.63) is 23.7 Å². The highest BCUT2D eigenvalue weighted by atomic mass is 16.3. The van der Waals surface area contributed by atoms with E-state index in [2.05, 4.69) is 12.2 Å². The van der Waals surface area contributed by atoms with Crippen LogP contribution in [0, 0.1) is 6.92 Å². The summed E-state index contributed by atoms with van der Waals surface area (Å²) in [6.07, 6.45) is 1.77. The number of nitrogens with one attached hydrogen (secondary N) is 1. The first kappa shape index (κ1) is 9.29. The van der Waals surface area contributed by atoms with E-state index in [0.29, 0.717) is 12.6 Å². The van der Waals surface area contributed by atoms with Crippen molar-refractivity contribution in [1.29, 1.82) is 0 Å². The van der Waals surface area contributed by atoms with E-state index >= 15 is 0 Å². The quantitative estimate of drug-likeness (QED) is 0.706. The summed E-state index contributed by atoms with van der Waals surface area (Å²) in [5.74, 6) is 0.951. The third-order valence-electron chi connectivity index (χ3n) is 1.79. The summed E-state index contributed by atoms with van der Waals surface area (Å²) in [5, 5.41) is 3.28. The first-order valence-corrected chi connectivity index (χ1v) is 4.20. The van der Waals surface area contributed by atoms with Crippen LogP contribution in [0.2, 0.25) is 0 Å². The van der Waals surface area contributed by atoms with Gasteiger partial charge < -0.3 is 15.5 Å². The van der Waals surface area contributed by atoms with Crippen LogP contribution in [0.1, 0.15) is 18.2 Å². The number of rotatable bonds is 4. The van der Waals surface area contributed by atoms with E-state index < -0.39 is 0 Å². The van der Waals surface area contributed by atoms with Gasteiger partial charge in [-0.1, -0.05) is 0 Å². The molecule has 0 amide bonds. The summed E-state index contributed by atoms with van der Waals surface area (Å²) in [7, 11) is 0. The lowest BCUT2D eigenvalue weighted by molar-refractivity contribution is 0.522. The fraction of sp³-hybridized carbons (Fsp3) is 0.556. The summed E-state index contributed by atoms with van der Waals surface area (Å²) in [5.41, 5.74) is 6.63. The molecule has 1 aromatic heterocycles. The van der Waals surface area contributed by atoms with Crippen molar-refractivity contribution in [1.82, 2.24) is 5.32 Å². The van der Waals surface area contributed by atoms with Crippen LogP contribution in [0.3, 0.4) is 0 Å². The second-order valence-corrected chi connectivity index (χ2v) is 3.08. The molecule has 3 N–H and O–H groups in total. The normalized spacial score (nSPS) is 13.2. The van der Waals surface area contributed by atoms with E-state index in [1.54, 1.807) is 6.26 Å². The molecule has 0 aliphatic rings. The van der Waals surface area contributed by atoms with Gasteiger partial charge in [0, 0.05) is 24.7 Å². The molecule has 1 atom stereocenters. The molecule has 0 aliphatic heterocycles. The minimum atomic E-state index is 0.361. The molecule has 0 radical (unpaired) electrons. The van der Waals surface area contributed by atoms with Gasteiger partial charge in [-0.3, -0.25) is 0 Å². The SMILES string of the molecule is Cc1cc(CNC(C)CN)co1. The van der Waals surface area contributed by atoms with Gasteiger partial charge in [0.1, 0.15) is 5.76 Å². The van der Waals surface area contributed by atoms with Gasteiger partial charge in [-0.05, 0) is 19.9 Å². The summed E-state index contributed by atoms with van der Waals surface area (Å²) in [6.45, 7) is 5.50. The number of nitrogens with two attached hydrogens (primary N) is 1. The zero-order valence-electron chi connectivity index (χ0n) is 7.63. The highest BCUT2D eigenvalue weighted by Crippen LogP contribution is 2.05. The van der Waals surface area contributed by atoms with Crippen LogP contribution in [-0.2, 0) is 6.54 Å². The maximum atomic E-state index is 5.46. The number of aryl methyl sites for hydroxylation is 1. The Morgan fingerprint density at radius 1 is 1.67 bits per heavy atom. The Morgan fingerprint density at radius 3 is 2.92 bits per heavy atom. The molecule has 1 rings (SSSR count). The second-order valence-electron chi connectivity index (χ2n) is 3.08.